The van der Waals surface area contributed by atoms with Crippen LogP contribution in [0.4, 0.5) is 0 Å². The molecule has 0 heterocycles. The average molecular weight is 314 g/mol. The summed E-state index contributed by atoms with van der Waals surface area (Å²) >= 11 is 0. The highest BCUT2D eigenvalue weighted by Crippen LogP contribution is 2.40. The van der Waals surface area contributed by atoms with E-state index in [-0.39, 0.29) is 17.4 Å². The summed E-state index contributed by atoms with van der Waals surface area (Å²) in [7, 11) is 2.87. The van der Waals surface area contributed by atoms with Crippen LogP contribution < -0.4 is 0 Å². The molecule has 0 N–H and O–H groups in total. The molecule has 4 heteroatoms. The Bertz CT molecular complexity index is 385. The quantitative estimate of drug-likeness (QED) is 0.593. The Morgan fingerprint density at radius 2 is 1.36 bits per heavy atom. The van der Waals surface area contributed by atoms with Gasteiger partial charge in [0.1, 0.15) is 0 Å². The second-order valence-electron chi connectivity index (χ2n) is 7.98. The fraction of sp³-hybridized carbons (Fsp3) is 0.889. The van der Waals surface area contributed by atoms with Crippen LogP contribution in [-0.4, -0.2) is 26.2 Å². The van der Waals surface area contributed by atoms with Crippen LogP contribution in [0.2, 0.25) is 0 Å². The number of carbonyl (C=O) groups excluding carboxylic acids is 2. The van der Waals surface area contributed by atoms with Crippen LogP contribution in [0.1, 0.15) is 73.6 Å². The van der Waals surface area contributed by atoms with Crippen molar-refractivity contribution in [3.63, 3.8) is 0 Å². The standard InChI is InChI=1S/C18H34O4/c1-9-18(6,15(20)22-8)12-10-11-16(2,3)13-17(4,5)14(19)21-7/h9-13H2,1-8H3. The maximum absolute atomic E-state index is 11.9. The summed E-state index contributed by atoms with van der Waals surface area (Å²) in [4.78, 5) is 23.7. The van der Waals surface area contributed by atoms with Gasteiger partial charge in [-0.05, 0) is 51.9 Å². The number of hydrogen-bond donors (Lipinski definition) is 0. The van der Waals surface area contributed by atoms with Gasteiger partial charge in [-0.2, -0.15) is 0 Å². The van der Waals surface area contributed by atoms with Crippen molar-refractivity contribution in [2.45, 2.75) is 73.6 Å². The van der Waals surface area contributed by atoms with Gasteiger partial charge in [0.05, 0.1) is 25.0 Å². The van der Waals surface area contributed by atoms with E-state index in [0.717, 1.165) is 32.1 Å². The highest BCUT2D eigenvalue weighted by atomic mass is 16.5. The first-order chi connectivity index (χ1) is 9.94. The van der Waals surface area contributed by atoms with Crippen molar-refractivity contribution in [1.82, 2.24) is 0 Å². The van der Waals surface area contributed by atoms with Crippen LogP contribution in [0, 0.1) is 16.2 Å². The molecule has 1 atom stereocenters. The molecule has 0 fully saturated rings. The normalized spacial score (nSPS) is 15.1. The van der Waals surface area contributed by atoms with Gasteiger partial charge in [-0.15, -0.1) is 0 Å². The lowest BCUT2D eigenvalue weighted by Crippen LogP contribution is -2.32. The highest BCUT2D eigenvalue weighted by molar-refractivity contribution is 5.76. The molecule has 0 rings (SSSR count). The van der Waals surface area contributed by atoms with Crippen molar-refractivity contribution in [2.75, 3.05) is 14.2 Å². The number of carbonyl (C=O) groups is 2. The van der Waals surface area contributed by atoms with Crippen LogP contribution in [0.5, 0.6) is 0 Å². The Kier molecular flexibility index (Phi) is 7.60. The molecule has 0 aromatic heterocycles. The summed E-state index contributed by atoms with van der Waals surface area (Å²) in [6.45, 7) is 12.2. The average Bonchev–Trinajstić information content (AvgIpc) is 2.43. The molecule has 4 nitrogen and oxygen atoms in total. The lowest BCUT2D eigenvalue weighted by molar-refractivity contribution is -0.152. The highest BCUT2D eigenvalue weighted by Gasteiger charge is 2.37. The molecule has 0 aliphatic carbocycles. The molecule has 0 radical (unpaired) electrons. The van der Waals surface area contributed by atoms with Gasteiger partial charge in [-0.25, -0.2) is 0 Å². The lowest BCUT2D eigenvalue weighted by Gasteiger charge is -2.34. The lowest BCUT2D eigenvalue weighted by atomic mass is 9.71. The molecule has 0 aliphatic heterocycles. The monoisotopic (exact) mass is 314 g/mol. The minimum Gasteiger partial charge on any atom is -0.469 e. The maximum atomic E-state index is 11.9. The zero-order chi connectivity index (χ0) is 17.6. The van der Waals surface area contributed by atoms with Gasteiger partial charge in [0.15, 0.2) is 0 Å². The molecule has 0 aliphatic rings. The van der Waals surface area contributed by atoms with Crippen molar-refractivity contribution in [3.8, 4) is 0 Å². The van der Waals surface area contributed by atoms with Crippen LogP contribution in [-0.2, 0) is 19.1 Å². The Balaban J connectivity index is 4.62. The van der Waals surface area contributed by atoms with Gasteiger partial charge in [0.2, 0.25) is 0 Å². The van der Waals surface area contributed by atoms with E-state index in [9.17, 15) is 9.59 Å². The van der Waals surface area contributed by atoms with E-state index in [1.807, 2.05) is 27.7 Å². The van der Waals surface area contributed by atoms with E-state index < -0.39 is 10.8 Å². The van der Waals surface area contributed by atoms with Crippen molar-refractivity contribution in [2.24, 2.45) is 16.2 Å². The van der Waals surface area contributed by atoms with E-state index in [2.05, 4.69) is 13.8 Å². The Morgan fingerprint density at radius 3 is 1.77 bits per heavy atom. The third-order valence-electron chi connectivity index (χ3n) is 4.70. The number of rotatable bonds is 9. The van der Waals surface area contributed by atoms with E-state index in [1.165, 1.54) is 14.2 Å². The minimum atomic E-state index is -0.491. The summed E-state index contributed by atoms with van der Waals surface area (Å²) < 4.78 is 9.80. The SMILES string of the molecule is CCC(C)(CCCC(C)(C)CC(C)(C)C(=O)OC)C(=O)OC. The molecule has 0 aromatic rings. The first-order valence-corrected chi connectivity index (χ1v) is 8.11. The van der Waals surface area contributed by atoms with Crippen LogP contribution in [0.15, 0.2) is 0 Å². The first-order valence-electron chi connectivity index (χ1n) is 8.11. The fourth-order valence-electron chi connectivity index (χ4n) is 3.26. The smallest absolute Gasteiger partial charge is 0.311 e. The molecule has 22 heavy (non-hydrogen) atoms. The van der Waals surface area contributed by atoms with Crippen LogP contribution in [0.3, 0.4) is 0 Å². The third-order valence-corrected chi connectivity index (χ3v) is 4.70. The molecule has 0 aromatic carbocycles. The van der Waals surface area contributed by atoms with Gasteiger partial charge < -0.3 is 9.47 Å². The molecule has 0 bridgehead atoms. The zero-order valence-electron chi connectivity index (χ0n) is 15.7. The molecular weight excluding hydrogens is 280 g/mol. The summed E-state index contributed by atoms with van der Waals surface area (Å²) in [6, 6.07) is 0. The molecule has 0 amide bonds. The van der Waals surface area contributed by atoms with Crippen molar-refractivity contribution in [1.29, 1.82) is 0 Å². The van der Waals surface area contributed by atoms with Gasteiger partial charge >= 0.3 is 11.9 Å². The van der Waals surface area contributed by atoms with Crippen molar-refractivity contribution >= 4 is 11.9 Å². The largest absolute Gasteiger partial charge is 0.469 e. The van der Waals surface area contributed by atoms with Gasteiger partial charge in [-0.1, -0.05) is 27.2 Å². The molecule has 0 saturated heterocycles. The Morgan fingerprint density at radius 1 is 0.864 bits per heavy atom. The van der Waals surface area contributed by atoms with Crippen LogP contribution >= 0.6 is 0 Å². The van der Waals surface area contributed by atoms with Gasteiger partial charge in [-0.3, -0.25) is 9.59 Å². The van der Waals surface area contributed by atoms with E-state index in [4.69, 9.17) is 9.47 Å². The zero-order valence-corrected chi connectivity index (χ0v) is 15.7. The van der Waals surface area contributed by atoms with Gasteiger partial charge in [0, 0.05) is 0 Å². The van der Waals surface area contributed by atoms with Crippen molar-refractivity contribution < 1.29 is 19.1 Å². The second kappa shape index (κ2) is 7.98. The topological polar surface area (TPSA) is 52.6 Å². The molecule has 0 saturated carbocycles. The number of methoxy groups -OCH3 is 2. The number of ether oxygens (including phenoxy) is 2. The Hall–Kier alpha value is -1.06. The van der Waals surface area contributed by atoms with E-state index >= 15 is 0 Å². The minimum absolute atomic E-state index is 0.0163. The van der Waals surface area contributed by atoms with E-state index in [0.29, 0.717) is 0 Å². The second-order valence-corrected chi connectivity index (χ2v) is 7.98. The molecule has 130 valence electrons. The van der Waals surface area contributed by atoms with Crippen LogP contribution in [0.25, 0.3) is 0 Å². The maximum Gasteiger partial charge on any atom is 0.311 e. The Labute approximate surface area is 135 Å². The first kappa shape index (κ1) is 20.9. The molecule has 1 unspecified atom stereocenters. The fourth-order valence-corrected chi connectivity index (χ4v) is 3.26. The summed E-state index contributed by atoms with van der Waals surface area (Å²) in [5.41, 5.74) is -0.889. The predicted molar refractivity (Wildman–Crippen MR) is 88.5 cm³/mol. The summed E-state index contributed by atoms with van der Waals surface area (Å²) in [6.07, 6.45) is 4.23. The molecule has 0 spiro atoms. The summed E-state index contributed by atoms with van der Waals surface area (Å²) in [5.74, 6) is -0.309. The predicted octanol–water partition coefficient (Wildman–Crippen LogP) is 4.36. The van der Waals surface area contributed by atoms with E-state index in [1.54, 1.807) is 0 Å². The van der Waals surface area contributed by atoms with Gasteiger partial charge in [0.25, 0.3) is 0 Å². The molecular formula is C18H34O4. The summed E-state index contributed by atoms with van der Waals surface area (Å²) in [5, 5.41) is 0. The number of hydrogen-bond acceptors (Lipinski definition) is 4. The third kappa shape index (κ3) is 5.98. The van der Waals surface area contributed by atoms with Crippen molar-refractivity contribution in [3.05, 3.63) is 0 Å². The number of esters is 2.